The summed E-state index contributed by atoms with van der Waals surface area (Å²) in [5.74, 6) is 0. The van der Waals surface area contributed by atoms with Crippen LogP contribution in [0.5, 0.6) is 0 Å². The first-order chi connectivity index (χ1) is 7.35. The maximum Gasteiger partial charge on any atom is 0.433 e. The summed E-state index contributed by atoms with van der Waals surface area (Å²) in [5.41, 5.74) is -4.72. The van der Waals surface area contributed by atoms with Gasteiger partial charge in [-0.3, -0.25) is 4.68 Å². The van der Waals surface area contributed by atoms with Gasteiger partial charge in [0.1, 0.15) is 5.56 Å². The Morgan fingerprint density at radius 1 is 0.941 bits per heavy atom. The Kier molecular flexibility index (Phi) is 2.97. The molecule has 0 aliphatic carbocycles. The predicted molar refractivity (Wildman–Crippen MR) is 47.2 cm³/mol. The van der Waals surface area contributed by atoms with Crippen molar-refractivity contribution in [2.45, 2.75) is 38.7 Å². The molecule has 0 saturated carbocycles. The number of hydrogen-bond acceptors (Lipinski definition) is 1. The molecule has 0 N–H and O–H groups in total. The second kappa shape index (κ2) is 3.64. The lowest BCUT2D eigenvalue weighted by molar-refractivity contribution is -0.167. The molecular weight excluding hydrogens is 250 g/mol. The van der Waals surface area contributed by atoms with E-state index in [9.17, 15) is 26.3 Å². The number of alkyl halides is 6. The second-order valence-corrected chi connectivity index (χ2v) is 4.48. The zero-order valence-electron chi connectivity index (χ0n) is 9.24. The van der Waals surface area contributed by atoms with Crippen LogP contribution in [0.15, 0.2) is 6.20 Å². The summed E-state index contributed by atoms with van der Waals surface area (Å²) < 4.78 is 75.5. The van der Waals surface area contributed by atoms with Gasteiger partial charge >= 0.3 is 12.4 Å². The average Bonchev–Trinajstić information content (AvgIpc) is 2.42. The number of halogens is 6. The van der Waals surface area contributed by atoms with Crippen LogP contribution >= 0.6 is 0 Å². The summed E-state index contributed by atoms with van der Waals surface area (Å²) in [7, 11) is 0. The second-order valence-electron chi connectivity index (χ2n) is 4.48. The fourth-order valence-corrected chi connectivity index (χ4v) is 1.34. The summed E-state index contributed by atoms with van der Waals surface area (Å²) in [6.45, 7) is 4.03. The molecule has 0 unspecified atom stereocenters. The Balaban J connectivity index is 3.53. The van der Waals surface area contributed by atoms with Gasteiger partial charge in [-0.1, -0.05) is 0 Å². The van der Waals surface area contributed by atoms with Crippen molar-refractivity contribution in [3.05, 3.63) is 17.5 Å². The standard InChI is InChI=1S/C9H10F6N2/c1-7(2,3)17-6(9(13,14)15)5(4-16-17)8(10,11)12/h4H,1-3H3. The largest absolute Gasteiger partial charge is 0.433 e. The maximum atomic E-state index is 12.6. The molecule has 98 valence electrons. The van der Waals surface area contributed by atoms with Crippen LogP contribution in [0.2, 0.25) is 0 Å². The van der Waals surface area contributed by atoms with Crippen molar-refractivity contribution in [2.24, 2.45) is 0 Å². The molecule has 0 amide bonds. The Morgan fingerprint density at radius 3 is 1.71 bits per heavy atom. The molecule has 8 heteroatoms. The summed E-state index contributed by atoms with van der Waals surface area (Å²) >= 11 is 0. The van der Waals surface area contributed by atoms with E-state index in [-0.39, 0.29) is 6.20 Å². The van der Waals surface area contributed by atoms with Crippen molar-refractivity contribution in [2.75, 3.05) is 0 Å². The molecule has 0 saturated heterocycles. The van der Waals surface area contributed by atoms with Gasteiger partial charge in [0.05, 0.1) is 11.7 Å². The number of hydrogen-bond donors (Lipinski definition) is 0. The quantitative estimate of drug-likeness (QED) is 0.651. The fourth-order valence-electron chi connectivity index (χ4n) is 1.34. The van der Waals surface area contributed by atoms with E-state index >= 15 is 0 Å². The zero-order chi connectivity index (χ0) is 13.6. The Bertz CT molecular complexity index is 375. The van der Waals surface area contributed by atoms with Crippen LogP contribution in [0.1, 0.15) is 32.0 Å². The minimum atomic E-state index is -5.10. The molecule has 0 spiro atoms. The Hall–Kier alpha value is -1.21. The number of nitrogens with zero attached hydrogens (tertiary/aromatic N) is 2. The normalized spacial score (nSPS) is 14.2. The third-order valence-corrected chi connectivity index (χ3v) is 1.98. The van der Waals surface area contributed by atoms with Gasteiger partial charge in [-0.05, 0) is 20.8 Å². The van der Waals surface area contributed by atoms with Gasteiger partial charge < -0.3 is 0 Å². The molecule has 0 fully saturated rings. The van der Waals surface area contributed by atoms with E-state index in [1.165, 1.54) is 20.8 Å². The molecule has 1 aromatic rings. The lowest BCUT2D eigenvalue weighted by Crippen LogP contribution is -2.30. The van der Waals surface area contributed by atoms with Crippen LogP contribution in [0.3, 0.4) is 0 Å². The fraction of sp³-hybridized carbons (Fsp3) is 0.667. The van der Waals surface area contributed by atoms with E-state index in [2.05, 4.69) is 5.10 Å². The summed E-state index contributed by atoms with van der Waals surface area (Å²) in [5, 5.41) is 3.20. The van der Waals surface area contributed by atoms with E-state index in [0.717, 1.165) is 0 Å². The molecule has 0 aliphatic heterocycles. The van der Waals surface area contributed by atoms with Crippen molar-refractivity contribution in [1.82, 2.24) is 9.78 Å². The highest BCUT2D eigenvalue weighted by atomic mass is 19.4. The molecule has 0 aromatic carbocycles. The molecule has 1 rings (SSSR count). The molecular formula is C9H10F6N2. The van der Waals surface area contributed by atoms with Crippen molar-refractivity contribution < 1.29 is 26.3 Å². The monoisotopic (exact) mass is 260 g/mol. The topological polar surface area (TPSA) is 17.8 Å². The van der Waals surface area contributed by atoms with Crippen LogP contribution in [0.25, 0.3) is 0 Å². The summed E-state index contributed by atoms with van der Waals surface area (Å²) in [6, 6.07) is 0. The van der Waals surface area contributed by atoms with Gasteiger partial charge in [-0.25, -0.2) is 0 Å². The average molecular weight is 260 g/mol. The molecule has 2 nitrogen and oxygen atoms in total. The molecule has 0 aliphatic rings. The van der Waals surface area contributed by atoms with Gasteiger partial charge in [0.25, 0.3) is 0 Å². The lowest BCUT2D eigenvalue weighted by atomic mass is 10.1. The van der Waals surface area contributed by atoms with E-state index in [1.807, 2.05) is 0 Å². The molecule has 0 atom stereocenters. The molecule has 0 bridgehead atoms. The lowest BCUT2D eigenvalue weighted by Gasteiger charge is -2.24. The molecule has 1 aromatic heterocycles. The SMILES string of the molecule is CC(C)(C)n1ncc(C(F)(F)F)c1C(F)(F)F. The van der Waals surface area contributed by atoms with Crippen molar-refractivity contribution in [3.8, 4) is 0 Å². The first kappa shape index (κ1) is 13.9. The maximum absolute atomic E-state index is 12.6. The third kappa shape index (κ3) is 2.73. The van der Waals surface area contributed by atoms with Crippen LogP contribution < -0.4 is 0 Å². The van der Waals surface area contributed by atoms with Crippen molar-refractivity contribution in [1.29, 1.82) is 0 Å². The molecule has 0 radical (unpaired) electrons. The molecule has 17 heavy (non-hydrogen) atoms. The Morgan fingerprint density at radius 2 is 1.41 bits per heavy atom. The van der Waals surface area contributed by atoms with Crippen molar-refractivity contribution in [3.63, 3.8) is 0 Å². The van der Waals surface area contributed by atoms with E-state index in [0.29, 0.717) is 4.68 Å². The number of aromatic nitrogens is 2. The van der Waals surface area contributed by atoms with Gasteiger partial charge in [0.15, 0.2) is 5.69 Å². The minimum Gasteiger partial charge on any atom is -0.255 e. The highest BCUT2D eigenvalue weighted by molar-refractivity contribution is 5.25. The zero-order valence-corrected chi connectivity index (χ0v) is 9.24. The first-order valence-electron chi connectivity index (χ1n) is 4.58. The van der Waals surface area contributed by atoms with Crippen LogP contribution in [-0.2, 0) is 17.9 Å². The van der Waals surface area contributed by atoms with Crippen LogP contribution in [-0.4, -0.2) is 9.78 Å². The molecule has 1 heterocycles. The van der Waals surface area contributed by atoms with Gasteiger partial charge in [0, 0.05) is 0 Å². The minimum absolute atomic E-state index is 0.202. The van der Waals surface area contributed by atoms with Crippen LogP contribution in [0.4, 0.5) is 26.3 Å². The highest BCUT2D eigenvalue weighted by Crippen LogP contribution is 2.41. The van der Waals surface area contributed by atoms with Crippen LogP contribution in [0, 0.1) is 0 Å². The summed E-state index contributed by atoms with van der Waals surface area (Å²) in [6.07, 6.45) is -9.98. The smallest absolute Gasteiger partial charge is 0.255 e. The van der Waals surface area contributed by atoms with Gasteiger partial charge in [0.2, 0.25) is 0 Å². The van der Waals surface area contributed by atoms with E-state index < -0.39 is 29.1 Å². The van der Waals surface area contributed by atoms with Gasteiger partial charge in [-0.15, -0.1) is 0 Å². The highest BCUT2D eigenvalue weighted by Gasteiger charge is 2.48. The van der Waals surface area contributed by atoms with E-state index in [4.69, 9.17) is 0 Å². The van der Waals surface area contributed by atoms with E-state index in [1.54, 1.807) is 0 Å². The summed E-state index contributed by atoms with van der Waals surface area (Å²) in [4.78, 5) is 0. The Labute approximate surface area is 93.2 Å². The predicted octanol–water partition coefficient (Wildman–Crippen LogP) is 3.68. The third-order valence-electron chi connectivity index (χ3n) is 1.98. The van der Waals surface area contributed by atoms with Crippen molar-refractivity contribution >= 4 is 0 Å². The number of rotatable bonds is 0. The first-order valence-corrected chi connectivity index (χ1v) is 4.58. The van der Waals surface area contributed by atoms with Gasteiger partial charge in [-0.2, -0.15) is 31.4 Å².